The minimum Gasteiger partial charge on any atom is -0.352 e. The zero-order valence-corrected chi connectivity index (χ0v) is 19.6. The second-order valence-electron chi connectivity index (χ2n) is 9.77. The van der Waals surface area contributed by atoms with Crippen molar-refractivity contribution < 1.29 is 4.79 Å². The number of thiophene rings is 1. The first-order chi connectivity index (χ1) is 14.7. The van der Waals surface area contributed by atoms with E-state index in [1.807, 2.05) is 25.1 Å². The lowest BCUT2D eigenvalue weighted by Gasteiger charge is -2.33. The van der Waals surface area contributed by atoms with Gasteiger partial charge in [-0.2, -0.15) is 0 Å². The van der Waals surface area contributed by atoms with Gasteiger partial charge in [0.25, 0.3) is 5.56 Å². The zero-order chi connectivity index (χ0) is 22.2. The Kier molecular flexibility index (Phi) is 6.02. The molecular weight excluding hydrogens is 406 g/mol. The number of hydrogen-bond donors (Lipinski definition) is 2. The maximum atomic E-state index is 12.8. The van der Waals surface area contributed by atoms with Crippen molar-refractivity contribution in [1.82, 2.24) is 15.3 Å². The summed E-state index contributed by atoms with van der Waals surface area (Å²) in [5.41, 5.74) is 3.65. The number of aromatic nitrogens is 2. The highest BCUT2D eigenvalue weighted by molar-refractivity contribution is 7.18. The van der Waals surface area contributed by atoms with Crippen LogP contribution in [0.15, 0.2) is 29.1 Å². The van der Waals surface area contributed by atoms with Gasteiger partial charge >= 0.3 is 0 Å². The standard InChI is InChI=1S/C25H31N3O2S/c1-15-6-5-7-16(12-15)14-26-21(29)11-10-20-27-23(30)22-18-9-8-17(25(2,3)4)13-19(18)31-24(22)28-20/h5-7,12,17H,8-11,13-14H2,1-4H3,(H,26,29)(H,27,28,30). The number of carbonyl (C=O) groups excluding carboxylic acids is 1. The van der Waals surface area contributed by atoms with Crippen LogP contribution in [0.2, 0.25) is 0 Å². The lowest BCUT2D eigenvalue weighted by atomic mass is 9.72. The number of carbonyl (C=O) groups is 1. The fourth-order valence-corrected chi connectivity index (χ4v) is 5.75. The Bertz CT molecular complexity index is 1170. The molecule has 1 aliphatic rings. The molecule has 0 spiro atoms. The molecule has 4 rings (SSSR count). The van der Waals surface area contributed by atoms with Crippen molar-refractivity contribution in [3.05, 3.63) is 62.0 Å². The Morgan fingerprint density at radius 2 is 2.13 bits per heavy atom. The summed E-state index contributed by atoms with van der Waals surface area (Å²) < 4.78 is 0. The van der Waals surface area contributed by atoms with Crippen molar-refractivity contribution in [2.75, 3.05) is 0 Å². The topological polar surface area (TPSA) is 74.8 Å². The van der Waals surface area contributed by atoms with E-state index in [9.17, 15) is 9.59 Å². The third-order valence-corrected chi connectivity index (χ3v) is 7.50. The van der Waals surface area contributed by atoms with Crippen LogP contribution in [0.4, 0.5) is 0 Å². The van der Waals surface area contributed by atoms with E-state index in [0.717, 1.165) is 35.0 Å². The average molecular weight is 438 g/mol. The van der Waals surface area contributed by atoms with Gasteiger partial charge in [-0.3, -0.25) is 9.59 Å². The normalized spacial score (nSPS) is 16.3. The molecule has 6 heteroatoms. The molecule has 0 saturated carbocycles. The number of rotatable bonds is 5. The van der Waals surface area contributed by atoms with E-state index in [2.05, 4.69) is 37.1 Å². The molecule has 0 fully saturated rings. The van der Waals surface area contributed by atoms with Crippen LogP contribution in [-0.2, 0) is 30.6 Å². The van der Waals surface area contributed by atoms with Crippen LogP contribution in [0.25, 0.3) is 10.2 Å². The summed E-state index contributed by atoms with van der Waals surface area (Å²) in [7, 11) is 0. The molecular formula is C25H31N3O2S. The minimum absolute atomic E-state index is 0.0391. The van der Waals surface area contributed by atoms with E-state index in [1.54, 1.807) is 11.3 Å². The van der Waals surface area contributed by atoms with Gasteiger partial charge in [0.15, 0.2) is 0 Å². The number of H-pyrrole nitrogens is 1. The smallest absolute Gasteiger partial charge is 0.259 e. The third-order valence-electron chi connectivity index (χ3n) is 6.35. The first-order valence-corrected chi connectivity index (χ1v) is 11.9. The molecule has 2 aromatic heterocycles. The molecule has 0 bridgehead atoms. The van der Waals surface area contributed by atoms with Gasteiger partial charge in [0.05, 0.1) is 5.39 Å². The van der Waals surface area contributed by atoms with Gasteiger partial charge in [-0.1, -0.05) is 50.6 Å². The number of nitrogens with zero attached hydrogens (tertiary/aromatic N) is 1. The van der Waals surface area contributed by atoms with Crippen molar-refractivity contribution in [2.24, 2.45) is 11.3 Å². The quantitative estimate of drug-likeness (QED) is 0.608. The lowest BCUT2D eigenvalue weighted by molar-refractivity contribution is -0.121. The van der Waals surface area contributed by atoms with Gasteiger partial charge in [0.1, 0.15) is 10.7 Å². The van der Waals surface area contributed by atoms with Crippen molar-refractivity contribution in [3.63, 3.8) is 0 Å². The fraction of sp³-hybridized carbons (Fsp3) is 0.480. The van der Waals surface area contributed by atoms with E-state index in [-0.39, 0.29) is 16.9 Å². The number of aromatic amines is 1. The summed E-state index contributed by atoms with van der Waals surface area (Å²) in [6.07, 6.45) is 3.82. The fourth-order valence-electron chi connectivity index (χ4n) is 4.43. The van der Waals surface area contributed by atoms with Crippen LogP contribution in [0, 0.1) is 18.3 Å². The molecule has 2 N–H and O–H groups in total. The molecule has 1 unspecified atom stereocenters. The highest BCUT2D eigenvalue weighted by Crippen LogP contribution is 2.41. The minimum atomic E-state index is -0.0631. The maximum absolute atomic E-state index is 12.8. The van der Waals surface area contributed by atoms with Crippen molar-refractivity contribution in [2.45, 2.75) is 66.3 Å². The Labute approximate surface area is 187 Å². The number of fused-ring (bicyclic) bond motifs is 3. The van der Waals surface area contributed by atoms with E-state index in [1.165, 1.54) is 16.0 Å². The highest BCUT2D eigenvalue weighted by Gasteiger charge is 2.31. The van der Waals surface area contributed by atoms with Gasteiger partial charge in [-0.25, -0.2) is 4.98 Å². The Morgan fingerprint density at radius 1 is 1.32 bits per heavy atom. The van der Waals surface area contributed by atoms with E-state index in [0.29, 0.717) is 31.1 Å². The molecule has 1 aliphatic carbocycles. The summed E-state index contributed by atoms with van der Waals surface area (Å²) in [6, 6.07) is 8.10. The number of nitrogens with one attached hydrogen (secondary N) is 2. The molecule has 0 saturated heterocycles. The number of amides is 1. The lowest BCUT2D eigenvalue weighted by Crippen LogP contribution is -2.26. The predicted octanol–water partition coefficient (Wildman–Crippen LogP) is 4.69. The highest BCUT2D eigenvalue weighted by atomic mass is 32.1. The summed E-state index contributed by atoms with van der Waals surface area (Å²) in [5.74, 6) is 1.18. The average Bonchev–Trinajstić information content (AvgIpc) is 3.08. The summed E-state index contributed by atoms with van der Waals surface area (Å²) >= 11 is 1.66. The zero-order valence-electron chi connectivity index (χ0n) is 18.8. The van der Waals surface area contributed by atoms with Crippen molar-refractivity contribution in [1.29, 1.82) is 0 Å². The Hall–Kier alpha value is -2.47. The molecule has 2 heterocycles. The van der Waals surface area contributed by atoms with Crippen LogP contribution in [0.1, 0.15) is 61.0 Å². The molecule has 5 nitrogen and oxygen atoms in total. The summed E-state index contributed by atoms with van der Waals surface area (Å²) in [6.45, 7) is 9.43. The van der Waals surface area contributed by atoms with Gasteiger partial charge < -0.3 is 10.3 Å². The van der Waals surface area contributed by atoms with E-state index < -0.39 is 0 Å². The maximum Gasteiger partial charge on any atom is 0.259 e. The molecule has 31 heavy (non-hydrogen) atoms. The molecule has 1 amide bonds. The largest absolute Gasteiger partial charge is 0.352 e. The van der Waals surface area contributed by atoms with Gasteiger partial charge in [-0.05, 0) is 48.6 Å². The van der Waals surface area contributed by atoms with Crippen LogP contribution < -0.4 is 10.9 Å². The first-order valence-electron chi connectivity index (χ1n) is 11.1. The number of hydrogen-bond acceptors (Lipinski definition) is 4. The third kappa shape index (κ3) is 4.90. The number of benzene rings is 1. The Morgan fingerprint density at radius 3 is 2.87 bits per heavy atom. The predicted molar refractivity (Wildman–Crippen MR) is 127 cm³/mol. The first kappa shape index (κ1) is 21.8. The SMILES string of the molecule is Cc1cccc(CNC(=O)CCc2nc3sc4c(c3c(=O)[nH]2)CCC(C(C)(C)C)C4)c1. The molecule has 1 atom stereocenters. The van der Waals surface area contributed by atoms with E-state index in [4.69, 9.17) is 4.98 Å². The van der Waals surface area contributed by atoms with Gasteiger partial charge in [0, 0.05) is 24.3 Å². The second-order valence-corrected chi connectivity index (χ2v) is 10.9. The van der Waals surface area contributed by atoms with Gasteiger partial charge in [0.2, 0.25) is 5.91 Å². The molecule has 3 aromatic rings. The van der Waals surface area contributed by atoms with Crippen LogP contribution in [0.5, 0.6) is 0 Å². The van der Waals surface area contributed by atoms with Gasteiger partial charge in [-0.15, -0.1) is 11.3 Å². The van der Waals surface area contributed by atoms with Crippen LogP contribution in [0.3, 0.4) is 0 Å². The summed E-state index contributed by atoms with van der Waals surface area (Å²) in [5, 5.41) is 3.71. The second kappa shape index (κ2) is 8.58. The van der Waals surface area contributed by atoms with Crippen LogP contribution >= 0.6 is 11.3 Å². The van der Waals surface area contributed by atoms with Crippen molar-refractivity contribution >= 4 is 27.5 Å². The Balaban J connectivity index is 1.43. The molecule has 0 aliphatic heterocycles. The molecule has 1 aromatic carbocycles. The monoisotopic (exact) mass is 437 g/mol. The van der Waals surface area contributed by atoms with Crippen LogP contribution in [-0.4, -0.2) is 15.9 Å². The van der Waals surface area contributed by atoms with Crippen molar-refractivity contribution in [3.8, 4) is 0 Å². The molecule has 164 valence electrons. The number of aryl methyl sites for hydroxylation is 3. The molecule has 0 radical (unpaired) electrons. The van der Waals surface area contributed by atoms with E-state index >= 15 is 0 Å². The summed E-state index contributed by atoms with van der Waals surface area (Å²) in [4.78, 5) is 34.9.